The average molecular weight is 556 g/mol. The van der Waals surface area contributed by atoms with E-state index in [1.807, 2.05) is 81.4 Å². The number of hydrogen-bond donors (Lipinski definition) is 1. The molecule has 5 nitrogen and oxygen atoms in total. The highest BCUT2D eigenvalue weighted by Gasteiger charge is 2.30. The van der Waals surface area contributed by atoms with Crippen molar-refractivity contribution in [3.8, 4) is 5.75 Å². The number of nitrogens with one attached hydrogen (secondary N) is 1. The van der Waals surface area contributed by atoms with Gasteiger partial charge in [-0.1, -0.05) is 84.2 Å². The van der Waals surface area contributed by atoms with E-state index in [-0.39, 0.29) is 30.8 Å². The van der Waals surface area contributed by atoms with Crippen molar-refractivity contribution in [2.45, 2.75) is 65.1 Å². The lowest BCUT2D eigenvalue weighted by Crippen LogP contribution is -2.52. The highest BCUT2D eigenvalue weighted by Crippen LogP contribution is 2.25. The molecule has 0 saturated carbocycles. The summed E-state index contributed by atoms with van der Waals surface area (Å²) < 4.78 is 5.83. The fraction of sp³-hybridized carbons (Fsp3) is 0.355. The van der Waals surface area contributed by atoms with E-state index in [0.717, 1.165) is 28.9 Å². The molecular weight excluding hydrogens is 519 g/mol. The van der Waals surface area contributed by atoms with Crippen LogP contribution in [0.5, 0.6) is 5.75 Å². The van der Waals surface area contributed by atoms with Gasteiger partial charge in [0.1, 0.15) is 11.8 Å². The first kappa shape index (κ1) is 29.5. The van der Waals surface area contributed by atoms with E-state index in [0.29, 0.717) is 29.5 Å². The van der Waals surface area contributed by atoms with Crippen LogP contribution in [-0.2, 0) is 22.6 Å². The molecule has 0 aromatic heterocycles. The van der Waals surface area contributed by atoms with Crippen LogP contribution in [0.2, 0.25) is 10.0 Å². The highest BCUT2D eigenvalue weighted by molar-refractivity contribution is 6.42. The van der Waals surface area contributed by atoms with E-state index >= 15 is 0 Å². The van der Waals surface area contributed by atoms with Crippen molar-refractivity contribution in [2.24, 2.45) is 0 Å². The second kappa shape index (κ2) is 14.8. The van der Waals surface area contributed by atoms with E-state index in [2.05, 4.69) is 5.32 Å². The van der Waals surface area contributed by atoms with Crippen LogP contribution >= 0.6 is 23.2 Å². The molecule has 2 amide bonds. The maximum atomic E-state index is 13.7. The molecule has 0 bridgehead atoms. The molecule has 1 N–H and O–H groups in total. The van der Waals surface area contributed by atoms with E-state index in [1.165, 1.54) is 0 Å². The Hall–Kier alpha value is -3.02. The number of aryl methyl sites for hydroxylation is 1. The van der Waals surface area contributed by atoms with Crippen LogP contribution in [-0.4, -0.2) is 35.4 Å². The van der Waals surface area contributed by atoms with Gasteiger partial charge in [-0.05, 0) is 62.1 Å². The Morgan fingerprint density at radius 1 is 0.947 bits per heavy atom. The number of amides is 2. The van der Waals surface area contributed by atoms with Gasteiger partial charge >= 0.3 is 0 Å². The third-order valence-corrected chi connectivity index (χ3v) is 7.17. The summed E-state index contributed by atoms with van der Waals surface area (Å²) in [6.07, 6.45) is 1.96. The standard InChI is InChI=1S/C31H36Cl2N2O3/c1-4-23(3)34-31(37)29(20-24-9-6-5-7-10-24)35(21-25-14-17-27(32)28(33)19-25)30(36)11-8-18-38-26-15-12-22(2)13-16-26/h5-7,9-10,12-17,19,23,29H,4,8,11,18,20-21H2,1-3H3,(H,34,37)/t23-,29+/m0/s1. The van der Waals surface area contributed by atoms with Crippen LogP contribution in [0.15, 0.2) is 72.8 Å². The zero-order valence-electron chi connectivity index (χ0n) is 22.3. The van der Waals surface area contributed by atoms with Crippen LogP contribution in [0, 0.1) is 6.92 Å². The van der Waals surface area contributed by atoms with Crippen LogP contribution in [0.25, 0.3) is 0 Å². The normalized spacial score (nSPS) is 12.4. The van der Waals surface area contributed by atoms with Crippen molar-refractivity contribution in [3.63, 3.8) is 0 Å². The van der Waals surface area contributed by atoms with Gasteiger partial charge in [0.15, 0.2) is 0 Å². The summed E-state index contributed by atoms with van der Waals surface area (Å²) in [5.74, 6) is 0.474. The molecular formula is C31H36Cl2N2O3. The number of nitrogens with zero attached hydrogens (tertiary/aromatic N) is 1. The quantitative estimate of drug-likeness (QED) is 0.231. The summed E-state index contributed by atoms with van der Waals surface area (Å²) in [7, 11) is 0. The van der Waals surface area contributed by atoms with Crippen molar-refractivity contribution < 1.29 is 14.3 Å². The number of benzene rings is 3. The first-order valence-corrected chi connectivity index (χ1v) is 13.8. The SMILES string of the molecule is CC[C@H](C)NC(=O)[C@@H](Cc1ccccc1)N(Cc1ccc(Cl)c(Cl)c1)C(=O)CCCOc1ccc(C)cc1. The zero-order valence-corrected chi connectivity index (χ0v) is 23.8. The van der Waals surface area contributed by atoms with Gasteiger partial charge in [0.05, 0.1) is 16.7 Å². The predicted molar refractivity (Wildman–Crippen MR) is 155 cm³/mol. The Balaban J connectivity index is 1.82. The minimum Gasteiger partial charge on any atom is -0.494 e. The third-order valence-electron chi connectivity index (χ3n) is 6.43. The van der Waals surface area contributed by atoms with Crippen LogP contribution in [0.4, 0.5) is 0 Å². The number of rotatable bonds is 13. The van der Waals surface area contributed by atoms with E-state index in [1.54, 1.807) is 17.0 Å². The zero-order chi connectivity index (χ0) is 27.5. The fourth-order valence-corrected chi connectivity index (χ4v) is 4.34. The van der Waals surface area contributed by atoms with Gasteiger partial charge in [-0.2, -0.15) is 0 Å². The molecule has 3 aromatic carbocycles. The third kappa shape index (κ3) is 9.07. The van der Waals surface area contributed by atoms with Crippen LogP contribution < -0.4 is 10.1 Å². The van der Waals surface area contributed by atoms with Gasteiger partial charge in [0.2, 0.25) is 11.8 Å². The van der Waals surface area contributed by atoms with E-state index in [4.69, 9.17) is 27.9 Å². The molecule has 0 saturated heterocycles. The molecule has 0 heterocycles. The average Bonchev–Trinajstić information content (AvgIpc) is 2.91. The summed E-state index contributed by atoms with van der Waals surface area (Å²) in [4.78, 5) is 28.9. The fourth-order valence-electron chi connectivity index (χ4n) is 4.02. The topological polar surface area (TPSA) is 58.6 Å². The second-order valence-corrected chi connectivity index (χ2v) is 10.4. The first-order chi connectivity index (χ1) is 18.3. The van der Waals surface area contributed by atoms with Crippen LogP contribution in [0.1, 0.15) is 49.8 Å². The lowest BCUT2D eigenvalue weighted by molar-refractivity contribution is -0.141. The predicted octanol–water partition coefficient (Wildman–Crippen LogP) is 7.02. The molecule has 0 aliphatic rings. The molecule has 3 rings (SSSR count). The molecule has 0 spiro atoms. The van der Waals surface area contributed by atoms with Crippen molar-refractivity contribution in [1.82, 2.24) is 10.2 Å². The molecule has 38 heavy (non-hydrogen) atoms. The Bertz CT molecular complexity index is 1190. The van der Waals surface area contributed by atoms with Gasteiger partial charge in [0, 0.05) is 25.4 Å². The maximum absolute atomic E-state index is 13.7. The smallest absolute Gasteiger partial charge is 0.243 e. The molecule has 0 aliphatic carbocycles. The Labute approximate surface area is 236 Å². The van der Waals surface area contributed by atoms with Crippen molar-refractivity contribution in [1.29, 1.82) is 0 Å². The lowest BCUT2D eigenvalue weighted by Gasteiger charge is -2.32. The highest BCUT2D eigenvalue weighted by atomic mass is 35.5. The number of carbonyl (C=O) groups is 2. The maximum Gasteiger partial charge on any atom is 0.243 e. The molecule has 3 aromatic rings. The minimum absolute atomic E-state index is 0.00869. The van der Waals surface area contributed by atoms with E-state index in [9.17, 15) is 9.59 Å². The van der Waals surface area contributed by atoms with Gasteiger partial charge in [-0.3, -0.25) is 9.59 Å². The summed E-state index contributed by atoms with van der Waals surface area (Å²) in [6.45, 7) is 6.64. The van der Waals surface area contributed by atoms with Crippen molar-refractivity contribution in [2.75, 3.05) is 6.61 Å². The van der Waals surface area contributed by atoms with E-state index < -0.39 is 6.04 Å². The summed E-state index contributed by atoms with van der Waals surface area (Å²) in [5.41, 5.74) is 2.94. The lowest BCUT2D eigenvalue weighted by atomic mass is 10.0. The molecule has 2 atom stereocenters. The molecule has 0 unspecified atom stereocenters. The van der Waals surface area contributed by atoms with Crippen LogP contribution in [0.3, 0.4) is 0 Å². The second-order valence-electron chi connectivity index (χ2n) is 9.56. The largest absolute Gasteiger partial charge is 0.494 e. The molecule has 0 radical (unpaired) electrons. The molecule has 202 valence electrons. The molecule has 0 fully saturated rings. The minimum atomic E-state index is -0.689. The Kier molecular flexibility index (Phi) is 11.5. The summed E-state index contributed by atoms with van der Waals surface area (Å²) in [6, 6.07) is 22.2. The number of halogens is 2. The number of ether oxygens (including phenoxy) is 1. The molecule has 0 aliphatic heterocycles. The monoisotopic (exact) mass is 554 g/mol. The summed E-state index contributed by atoms with van der Waals surface area (Å²) >= 11 is 12.4. The Morgan fingerprint density at radius 3 is 2.32 bits per heavy atom. The Morgan fingerprint density at radius 2 is 1.66 bits per heavy atom. The van der Waals surface area contributed by atoms with Crippen molar-refractivity contribution >= 4 is 35.0 Å². The van der Waals surface area contributed by atoms with Gasteiger partial charge in [-0.25, -0.2) is 0 Å². The van der Waals surface area contributed by atoms with Gasteiger partial charge in [-0.15, -0.1) is 0 Å². The summed E-state index contributed by atoms with van der Waals surface area (Å²) in [5, 5.41) is 3.93. The van der Waals surface area contributed by atoms with Gasteiger partial charge < -0.3 is 15.0 Å². The van der Waals surface area contributed by atoms with Crippen molar-refractivity contribution in [3.05, 3.63) is 99.5 Å². The first-order valence-electron chi connectivity index (χ1n) is 13.0. The van der Waals surface area contributed by atoms with Gasteiger partial charge in [0.25, 0.3) is 0 Å². The number of carbonyl (C=O) groups excluding carboxylic acids is 2. The number of hydrogen-bond acceptors (Lipinski definition) is 3. The molecule has 7 heteroatoms.